The van der Waals surface area contributed by atoms with E-state index in [1.165, 1.54) is 22.3 Å². The fourth-order valence-corrected chi connectivity index (χ4v) is 4.88. The van der Waals surface area contributed by atoms with Crippen LogP contribution >= 0.6 is 0 Å². The molecule has 0 bridgehead atoms. The van der Waals surface area contributed by atoms with Crippen molar-refractivity contribution in [2.24, 2.45) is 0 Å². The van der Waals surface area contributed by atoms with Crippen LogP contribution in [-0.4, -0.2) is 8.07 Å². The maximum Gasteiger partial charge on any atom is -1.00 e. The molecule has 126 valence electrons. The molecule has 1 aliphatic rings. The van der Waals surface area contributed by atoms with Crippen LogP contribution < -0.4 is 37.2 Å². The summed E-state index contributed by atoms with van der Waals surface area (Å²) in [4.78, 5) is 0. The Morgan fingerprint density at radius 1 is 0.957 bits per heavy atom. The topological polar surface area (TPSA) is 0 Å². The fourth-order valence-electron chi connectivity index (χ4n) is 2.71. The van der Waals surface area contributed by atoms with Gasteiger partial charge in [-0.15, -0.1) is 0 Å². The fraction of sp³-hybridized carbons (Fsp3) is 0.444. The number of allylic oxidation sites excluding steroid dienone is 4. The molecule has 0 heterocycles. The Hall–Kier alpha value is 0.501. The average Bonchev–Trinajstić information content (AvgIpc) is 2.73. The SMILES string of the molecule is Cc1ccc(C[C]2([Ti+3])C=CC([Si](C)(C)C)=C2)c(C)c1C.[Cl-].[Cl-].[Cl-]. The molecule has 0 N–H and O–H groups in total. The standard InChI is InChI=1S/C18H25Si.3ClH.Ti/c1-13-7-9-17(15(3)14(13)2)11-16-8-10-18(12-16)19(4,5)6;;;;/h7-10,12H,11H2,1-6H3;3*1H;/q;;;;+3/p-3. The summed E-state index contributed by atoms with van der Waals surface area (Å²) >= 11 is 2.37. The molecule has 0 saturated heterocycles. The summed E-state index contributed by atoms with van der Waals surface area (Å²) in [6.45, 7) is 14.0. The van der Waals surface area contributed by atoms with Crippen molar-refractivity contribution in [3.05, 3.63) is 57.8 Å². The first-order valence-electron chi connectivity index (χ1n) is 7.36. The first-order valence-corrected chi connectivity index (χ1v) is 11.6. The van der Waals surface area contributed by atoms with Crippen LogP contribution in [0.4, 0.5) is 0 Å². The van der Waals surface area contributed by atoms with E-state index >= 15 is 0 Å². The Bertz CT molecular complexity index is 603. The molecule has 23 heavy (non-hydrogen) atoms. The van der Waals surface area contributed by atoms with Crippen LogP contribution in [0, 0.1) is 20.8 Å². The van der Waals surface area contributed by atoms with E-state index < -0.39 is 8.07 Å². The van der Waals surface area contributed by atoms with Crippen LogP contribution in [0.1, 0.15) is 22.3 Å². The third-order valence-electron chi connectivity index (χ3n) is 4.49. The Balaban J connectivity index is 0. The number of benzene rings is 1. The van der Waals surface area contributed by atoms with Gasteiger partial charge in [0.2, 0.25) is 0 Å². The van der Waals surface area contributed by atoms with Gasteiger partial charge in [0.05, 0.1) is 0 Å². The van der Waals surface area contributed by atoms with Crippen LogP contribution in [0.25, 0.3) is 0 Å². The molecule has 0 fully saturated rings. The summed E-state index contributed by atoms with van der Waals surface area (Å²) in [5.41, 5.74) is 5.81. The van der Waals surface area contributed by atoms with Crippen molar-refractivity contribution in [3.63, 3.8) is 0 Å². The summed E-state index contributed by atoms with van der Waals surface area (Å²) in [5, 5.41) is 1.60. The largest absolute Gasteiger partial charge is 1.00 e. The zero-order valence-corrected chi connectivity index (χ0v) is 19.6. The van der Waals surface area contributed by atoms with E-state index in [1.807, 2.05) is 0 Å². The van der Waals surface area contributed by atoms with Gasteiger partial charge in [-0.2, -0.15) is 0 Å². The van der Waals surface area contributed by atoms with Gasteiger partial charge < -0.3 is 37.2 Å². The number of halogens is 3. The molecular formula is C18H25Cl3SiTi. The summed E-state index contributed by atoms with van der Waals surface area (Å²) in [6.07, 6.45) is 8.43. The van der Waals surface area contributed by atoms with E-state index in [1.54, 1.807) is 5.20 Å². The third-order valence-corrected chi connectivity index (χ3v) is 7.30. The van der Waals surface area contributed by atoms with Crippen LogP contribution in [-0.2, 0) is 26.9 Å². The van der Waals surface area contributed by atoms with Crippen LogP contribution in [0.2, 0.25) is 23.4 Å². The monoisotopic (exact) mass is 422 g/mol. The van der Waals surface area contributed by atoms with Gasteiger partial charge in [0.15, 0.2) is 0 Å². The van der Waals surface area contributed by atoms with Crippen molar-refractivity contribution >= 4 is 8.07 Å². The zero-order valence-electron chi connectivity index (χ0n) is 14.7. The number of hydrogen-bond acceptors (Lipinski definition) is 0. The van der Waals surface area contributed by atoms with E-state index in [4.69, 9.17) is 0 Å². The van der Waals surface area contributed by atoms with Gasteiger partial charge >= 0.3 is 137 Å². The van der Waals surface area contributed by atoms with Gasteiger partial charge in [-0.25, -0.2) is 0 Å². The van der Waals surface area contributed by atoms with E-state index in [0.717, 1.165) is 6.42 Å². The quantitative estimate of drug-likeness (QED) is 0.438. The zero-order chi connectivity index (χ0) is 15.1. The summed E-state index contributed by atoms with van der Waals surface area (Å²) in [7, 11) is -1.19. The number of hydrogen-bond donors (Lipinski definition) is 0. The average molecular weight is 424 g/mol. The van der Waals surface area contributed by atoms with Crippen molar-refractivity contribution in [1.29, 1.82) is 0 Å². The van der Waals surface area contributed by atoms with Gasteiger partial charge in [-0.1, -0.05) is 0 Å². The second kappa shape index (κ2) is 9.27. The molecule has 1 aromatic rings. The van der Waals surface area contributed by atoms with Crippen molar-refractivity contribution in [2.75, 3.05) is 0 Å². The molecule has 0 radical (unpaired) electrons. The molecule has 1 unspecified atom stereocenters. The number of aryl methyl sites for hydroxylation is 1. The Labute approximate surface area is 173 Å². The first-order chi connectivity index (χ1) is 9.12. The van der Waals surface area contributed by atoms with Crippen molar-refractivity contribution in [1.82, 2.24) is 0 Å². The molecular weight excluding hydrogens is 399 g/mol. The van der Waals surface area contributed by atoms with Gasteiger partial charge in [-0.3, -0.25) is 0 Å². The Morgan fingerprint density at radius 2 is 1.52 bits per heavy atom. The summed E-state index contributed by atoms with van der Waals surface area (Å²) in [5.74, 6) is 0. The predicted octanol–water partition coefficient (Wildman–Crippen LogP) is -3.75. The molecule has 1 atom stereocenters. The molecule has 0 saturated carbocycles. The van der Waals surface area contributed by atoms with Gasteiger partial charge in [0.1, 0.15) is 0 Å². The third kappa shape index (κ3) is 6.06. The second-order valence-electron chi connectivity index (χ2n) is 7.19. The minimum Gasteiger partial charge on any atom is -1.00 e. The smallest absolute Gasteiger partial charge is 1.00 e. The minimum atomic E-state index is -1.19. The number of rotatable bonds is 3. The van der Waals surface area contributed by atoms with Crippen molar-refractivity contribution in [2.45, 2.75) is 50.6 Å². The van der Waals surface area contributed by atoms with Crippen LogP contribution in [0.15, 0.2) is 35.6 Å². The maximum absolute atomic E-state index is 2.52. The molecule has 0 amide bonds. The molecule has 0 nitrogen and oxygen atoms in total. The Morgan fingerprint density at radius 3 is 2.00 bits per heavy atom. The van der Waals surface area contributed by atoms with E-state index in [2.05, 4.69) is 91.2 Å². The first kappa shape index (κ1) is 25.7. The van der Waals surface area contributed by atoms with Crippen LogP contribution in [0.5, 0.6) is 0 Å². The van der Waals surface area contributed by atoms with E-state index in [0.29, 0.717) is 0 Å². The molecule has 1 aromatic carbocycles. The molecule has 0 spiro atoms. The predicted molar refractivity (Wildman–Crippen MR) is 87.6 cm³/mol. The van der Waals surface area contributed by atoms with E-state index in [9.17, 15) is 0 Å². The van der Waals surface area contributed by atoms with Crippen molar-refractivity contribution in [3.8, 4) is 0 Å². The van der Waals surface area contributed by atoms with Crippen LogP contribution in [0.3, 0.4) is 0 Å². The molecule has 1 aliphatic carbocycles. The molecule has 0 aliphatic heterocycles. The Kier molecular flexibility index (Phi) is 10.4. The summed E-state index contributed by atoms with van der Waals surface area (Å²) < 4.78 is 0.196. The minimum absolute atomic E-state index is 0. The van der Waals surface area contributed by atoms with Gasteiger partial charge in [-0.05, 0) is 0 Å². The second-order valence-corrected chi connectivity index (χ2v) is 13.7. The maximum atomic E-state index is 2.52. The molecule has 2 rings (SSSR count). The summed E-state index contributed by atoms with van der Waals surface area (Å²) in [6, 6.07) is 4.58. The molecule has 5 heteroatoms. The van der Waals surface area contributed by atoms with Crippen molar-refractivity contribution < 1.29 is 57.7 Å². The van der Waals surface area contributed by atoms with Gasteiger partial charge in [0.25, 0.3) is 0 Å². The normalized spacial score (nSPS) is 19.4. The molecule has 0 aromatic heterocycles. The van der Waals surface area contributed by atoms with Gasteiger partial charge in [0, 0.05) is 0 Å². The van der Waals surface area contributed by atoms with E-state index in [-0.39, 0.29) is 40.9 Å².